The molecule has 0 fully saturated rings. The van der Waals surface area contributed by atoms with E-state index in [0.717, 1.165) is 18.5 Å². The summed E-state index contributed by atoms with van der Waals surface area (Å²) < 4.78 is 13.3. The van der Waals surface area contributed by atoms with Gasteiger partial charge in [0.1, 0.15) is 5.82 Å². The van der Waals surface area contributed by atoms with Gasteiger partial charge in [0, 0.05) is 5.69 Å². The van der Waals surface area contributed by atoms with Crippen molar-refractivity contribution >= 4 is 5.69 Å². The van der Waals surface area contributed by atoms with E-state index in [9.17, 15) is 9.50 Å². The zero-order chi connectivity index (χ0) is 14.5. The largest absolute Gasteiger partial charge is 0.394 e. The quantitative estimate of drug-likeness (QED) is 0.780. The molecule has 108 valence electrons. The molecular formula is C16H26FNO. The van der Waals surface area contributed by atoms with Gasteiger partial charge in [0.2, 0.25) is 0 Å². The summed E-state index contributed by atoms with van der Waals surface area (Å²) in [5, 5.41) is 13.2. The maximum atomic E-state index is 13.3. The van der Waals surface area contributed by atoms with E-state index in [1.165, 1.54) is 12.1 Å². The van der Waals surface area contributed by atoms with E-state index in [1.807, 2.05) is 6.07 Å². The maximum Gasteiger partial charge on any atom is 0.125 e. The molecule has 0 amide bonds. The number of hydrogen-bond donors (Lipinski definition) is 2. The molecule has 0 saturated carbocycles. The van der Waals surface area contributed by atoms with Crippen molar-refractivity contribution in [1.29, 1.82) is 0 Å². The number of nitrogens with one attached hydrogen (secondary N) is 1. The van der Waals surface area contributed by atoms with Crippen LogP contribution in [0.4, 0.5) is 10.1 Å². The van der Waals surface area contributed by atoms with E-state index in [2.05, 4.69) is 33.0 Å². The molecule has 2 nitrogen and oxygen atoms in total. The zero-order valence-corrected chi connectivity index (χ0v) is 12.4. The topological polar surface area (TPSA) is 32.3 Å². The van der Waals surface area contributed by atoms with Crippen LogP contribution in [0, 0.1) is 17.7 Å². The monoisotopic (exact) mass is 267 g/mol. The van der Waals surface area contributed by atoms with Gasteiger partial charge in [-0.25, -0.2) is 4.39 Å². The van der Waals surface area contributed by atoms with Crippen LogP contribution in [0.5, 0.6) is 0 Å². The molecule has 0 atom stereocenters. The normalized spacial score (nSPS) is 12.2. The van der Waals surface area contributed by atoms with Crippen LogP contribution in [-0.4, -0.2) is 17.3 Å². The Bertz CT molecular complexity index is 380. The zero-order valence-electron chi connectivity index (χ0n) is 12.4. The number of benzene rings is 1. The van der Waals surface area contributed by atoms with Crippen molar-refractivity contribution in [3.05, 3.63) is 30.1 Å². The molecule has 0 aliphatic heterocycles. The van der Waals surface area contributed by atoms with Crippen LogP contribution >= 0.6 is 0 Å². The Labute approximate surface area is 116 Å². The third kappa shape index (κ3) is 5.19. The van der Waals surface area contributed by atoms with Crippen molar-refractivity contribution in [3.8, 4) is 0 Å². The SMILES string of the molecule is CC(C)CC(CO)(CC(C)C)Nc1cccc(F)c1. The standard InChI is InChI=1S/C16H26FNO/c1-12(2)9-16(11-19,10-13(3)4)18-15-7-5-6-14(17)8-15/h5-8,12-13,18-19H,9-11H2,1-4H3. The molecule has 0 saturated heterocycles. The Balaban J connectivity index is 2.94. The minimum atomic E-state index is -0.379. The first-order chi connectivity index (χ1) is 8.87. The first-order valence-electron chi connectivity index (χ1n) is 7.01. The van der Waals surface area contributed by atoms with Crippen LogP contribution in [-0.2, 0) is 0 Å². The number of aliphatic hydroxyl groups excluding tert-OH is 1. The van der Waals surface area contributed by atoms with E-state index in [1.54, 1.807) is 6.07 Å². The average molecular weight is 267 g/mol. The number of aliphatic hydroxyl groups is 1. The lowest BCUT2D eigenvalue weighted by Gasteiger charge is -2.37. The Morgan fingerprint density at radius 1 is 1.16 bits per heavy atom. The van der Waals surface area contributed by atoms with Crippen LogP contribution in [0.25, 0.3) is 0 Å². The Morgan fingerprint density at radius 3 is 2.16 bits per heavy atom. The van der Waals surface area contributed by atoms with Crippen molar-refractivity contribution in [3.63, 3.8) is 0 Å². The average Bonchev–Trinajstić information content (AvgIpc) is 2.26. The summed E-state index contributed by atoms with van der Waals surface area (Å²) in [7, 11) is 0. The lowest BCUT2D eigenvalue weighted by molar-refractivity contribution is 0.168. The molecule has 0 bridgehead atoms. The van der Waals surface area contributed by atoms with Gasteiger partial charge in [-0.05, 0) is 42.9 Å². The number of rotatable bonds is 7. The van der Waals surface area contributed by atoms with E-state index >= 15 is 0 Å². The Kier molecular flexibility index (Phi) is 5.80. The third-order valence-electron chi connectivity index (χ3n) is 3.13. The molecule has 1 aromatic rings. The molecule has 0 aliphatic rings. The second kappa shape index (κ2) is 6.90. The molecule has 2 N–H and O–H groups in total. The fourth-order valence-corrected chi connectivity index (χ4v) is 2.79. The van der Waals surface area contributed by atoms with Crippen molar-refractivity contribution < 1.29 is 9.50 Å². The summed E-state index contributed by atoms with van der Waals surface area (Å²) in [5.41, 5.74) is 0.353. The molecule has 1 rings (SSSR count). The Hall–Kier alpha value is -1.09. The summed E-state index contributed by atoms with van der Waals surface area (Å²) in [4.78, 5) is 0. The molecule has 0 heterocycles. The highest BCUT2D eigenvalue weighted by atomic mass is 19.1. The maximum absolute atomic E-state index is 13.3. The number of anilines is 1. The molecule has 0 radical (unpaired) electrons. The van der Waals surface area contributed by atoms with Gasteiger partial charge in [-0.2, -0.15) is 0 Å². The predicted octanol–water partition coefficient (Wildman–Crippen LogP) is 4.06. The molecule has 0 unspecified atom stereocenters. The molecular weight excluding hydrogens is 241 g/mol. The van der Waals surface area contributed by atoms with E-state index < -0.39 is 0 Å². The van der Waals surface area contributed by atoms with Gasteiger partial charge < -0.3 is 10.4 Å². The fraction of sp³-hybridized carbons (Fsp3) is 0.625. The van der Waals surface area contributed by atoms with Gasteiger partial charge in [-0.1, -0.05) is 33.8 Å². The molecule has 3 heteroatoms. The number of halogens is 1. The summed E-state index contributed by atoms with van der Waals surface area (Å²) in [5.74, 6) is 0.671. The smallest absolute Gasteiger partial charge is 0.125 e. The fourth-order valence-electron chi connectivity index (χ4n) is 2.79. The molecule has 0 aromatic heterocycles. The summed E-state index contributed by atoms with van der Waals surface area (Å²) in [6, 6.07) is 6.43. The summed E-state index contributed by atoms with van der Waals surface area (Å²) >= 11 is 0. The molecule has 0 aliphatic carbocycles. The third-order valence-corrected chi connectivity index (χ3v) is 3.13. The Morgan fingerprint density at radius 2 is 1.74 bits per heavy atom. The second-order valence-electron chi connectivity index (χ2n) is 6.27. The summed E-state index contributed by atoms with van der Waals surface area (Å²) in [6.45, 7) is 8.60. The van der Waals surface area contributed by atoms with Gasteiger partial charge in [-0.15, -0.1) is 0 Å². The second-order valence-corrected chi connectivity index (χ2v) is 6.27. The van der Waals surface area contributed by atoms with E-state index in [-0.39, 0.29) is 18.0 Å². The first-order valence-corrected chi connectivity index (χ1v) is 7.01. The van der Waals surface area contributed by atoms with Crippen molar-refractivity contribution in [2.24, 2.45) is 11.8 Å². The van der Waals surface area contributed by atoms with Crippen LogP contribution in [0.3, 0.4) is 0 Å². The van der Waals surface area contributed by atoms with Crippen molar-refractivity contribution in [2.75, 3.05) is 11.9 Å². The molecule has 19 heavy (non-hydrogen) atoms. The highest BCUT2D eigenvalue weighted by molar-refractivity contribution is 5.45. The lowest BCUT2D eigenvalue weighted by atomic mass is 9.82. The van der Waals surface area contributed by atoms with Crippen LogP contribution in [0.2, 0.25) is 0 Å². The predicted molar refractivity (Wildman–Crippen MR) is 78.7 cm³/mol. The van der Waals surface area contributed by atoms with Gasteiger partial charge in [-0.3, -0.25) is 0 Å². The van der Waals surface area contributed by atoms with E-state index in [4.69, 9.17) is 0 Å². The molecule has 1 aromatic carbocycles. The minimum absolute atomic E-state index is 0.0554. The lowest BCUT2D eigenvalue weighted by Crippen LogP contribution is -2.44. The van der Waals surface area contributed by atoms with Gasteiger partial charge in [0.15, 0.2) is 0 Å². The highest BCUT2D eigenvalue weighted by Crippen LogP contribution is 2.29. The first kappa shape index (κ1) is 16.0. The van der Waals surface area contributed by atoms with Crippen LogP contribution in [0.1, 0.15) is 40.5 Å². The van der Waals surface area contributed by atoms with Crippen LogP contribution < -0.4 is 5.32 Å². The molecule has 0 spiro atoms. The van der Waals surface area contributed by atoms with E-state index in [0.29, 0.717) is 11.8 Å². The van der Waals surface area contributed by atoms with Gasteiger partial charge in [0.05, 0.1) is 12.1 Å². The highest BCUT2D eigenvalue weighted by Gasteiger charge is 2.31. The van der Waals surface area contributed by atoms with Gasteiger partial charge in [0.25, 0.3) is 0 Å². The van der Waals surface area contributed by atoms with Crippen LogP contribution in [0.15, 0.2) is 24.3 Å². The van der Waals surface area contributed by atoms with Crippen molar-refractivity contribution in [2.45, 2.75) is 46.1 Å². The van der Waals surface area contributed by atoms with Crippen molar-refractivity contribution in [1.82, 2.24) is 0 Å². The number of hydrogen-bond acceptors (Lipinski definition) is 2. The minimum Gasteiger partial charge on any atom is -0.394 e. The van der Waals surface area contributed by atoms with Gasteiger partial charge >= 0.3 is 0 Å². The summed E-state index contributed by atoms with van der Waals surface area (Å²) in [6.07, 6.45) is 1.72.